The van der Waals surface area contributed by atoms with Crippen LogP contribution in [0.3, 0.4) is 0 Å². The first-order valence-electron chi connectivity index (χ1n) is 6.88. The van der Waals surface area contributed by atoms with Crippen LogP contribution in [0.5, 0.6) is 0 Å². The minimum atomic E-state index is -0.182. The third-order valence-electron chi connectivity index (χ3n) is 3.65. The molecule has 18 heavy (non-hydrogen) atoms. The van der Waals surface area contributed by atoms with Gasteiger partial charge >= 0.3 is 0 Å². The number of Topliss-reactive ketones (excluding diaryl/α,β-unsaturated/α-hetero) is 1. The lowest BCUT2D eigenvalue weighted by Crippen LogP contribution is -2.26. The average Bonchev–Trinajstić information content (AvgIpc) is 2.28. The van der Waals surface area contributed by atoms with Gasteiger partial charge in [0.15, 0.2) is 5.78 Å². The van der Waals surface area contributed by atoms with Crippen LogP contribution in [0, 0.1) is 5.41 Å². The molecule has 0 aromatic heterocycles. The monoisotopic (exact) mass is 248 g/mol. The van der Waals surface area contributed by atoms with E-state index >= 15 is 0 Å². The van der Waals surface area contributed by atoms with E-state index in [1.54, 1.807) is 6.92 Å². The molecule has 0 aromatic rings. The van der Waals surface area contributed by atoms with Crippen LogP contribution in [0.25, 0.3) is 0 Å². The second kappa shape index (κ2) is 7.35. The van der Waals surface area contributed by atoms with Crippen LogP contribution in [-0.2, 0) is 4.79 Å². The summed E-state index contributed by atoms with van der Waals surface area (Å²) in [5.74, 6) is 0.150. The summed E-state index contributed by atoms with van der Waals surface area (Å²) in [4.78, 5) is 12.1. The highest BCUT2D eigenvalue weighted by atomic mass is 16.1. The van der Waals surface area contributed by atoms with Gasteiger partial charge in [-0.25, -0.2) is 0 Å². The Balaban J connectivity index is 5.93. The normalized spacial score (nSPS) is 12.9. The van der Waals surface area contributed by atoms with Gasteiger partial charge in [-0.1, -0.05) is 44.9 Å². The average molecular weight is 248 g/mol. The van der Waals surface area contributed by atoms with Crippen LogP contribution in [0.15, 0.2) is 36.0 Å². The zero-order chi connectivity index (χ0) is 14.3. The molecule has 0 rings (SSSR count). The Morgan fingerprint density at radius 2 is 1.56 bits per heavy atom. The molecule has 1 heteroatoms. The fourth-order valence-electron chi connectivity index (χ4n) is 2.77. The number of ketones is 1. The molecule has 0 aromatic carbocycles. The molecule has 0 atom stereocenters. The van der Waals surface area contributed by atoms with E-state index in [2.05, 4.69) is 27.0 Å². The van der Waals surface area contributed by atoms with Crippen molar-refractivity contribution in [3.8, 4) is 0 Å². The van der Waals surface area contributed by atoms with Gasteiger partial charge in [-0.15, -0.1) is 6.58 Å². The van der Waals surface area contributed by atoms with Gasteiger partial charge in [0, 0.05) is 11.0 Å². The van der Waals surface area contributed by atoms with E-state index in [4.69, 9.17) is 0 Å². The van der Waals surface area contributed by atoms with Crippen molar-refractivity contribution in [1.29, 1.82) is 0 Å². The molecular formula is C17H28O. The molecule has 0 unspecified atom stereocenters. The van der Waals surface area contributed by atoms with Crippen LogP contribution in [0.1, 0.15) is 60.3 Å². The summed E-state index contributed by atoms with van der Waals surface area (Å²) in [5.41, 5.74) is 2.73. The molecule has 102 valence electrons. The van der Waals surface area contributed by atoms with E-state index in [-0.39, 0.29) is 11.2 Å². The van der Waals surface area contributed by atoms with Gasteiger partial charge in [0.25, 0.3) is 0 Å². The predicted molar refractivity (Wildman–Crippen MR) is 80.6 cm³/mol. The minimum absolute atomic E-state index is 0.150. The molecule has 0 aliphatic heterocycles. The van der Waals surface area contributed by atoms with Crippen molar-refractivity contribution in [3.63, 3.8) is 0 Å². The number of rotatable bonds is 8. The quantitative estimate of drug-likeness (QED) is 0.326. The maximum absolute atomic E-state index is 12.1. The van der Waals surface area contributed by atoms with Crippen molar-refractivity contribution in [1.82, 2.24) is 0 Å². The lowest BCUT2D eigenvalue weighted by atomic mass is 9.69. The van der Waals surface area contributed by atoms with E-state index in [0.29, 0.717) is 0 Å². The van der Waals surface area contributed by atoms with Gasteiger partial charge in [0.1, 0.15) is 0 Å². The Kier molecular flexibility index (Phi) is 6.90. The first-order valence-corrected chi connectivity index (χ1v) is 6.88. The molecule has 0 saturated carbocycles. The standard InChI is InChI=1S/C17H28O/c1-8-11-17(10-3,12-9-2)16(15(7)18)14(6)13(4)5/h10H,3-4,8-9,11-12H2,1-2,5-7H3/b16-14-. The fraction of sp³-hybridized carbons (Fsp3) is 0.588. The summed E-state index contributed by atoms with van der Waals surface area (Å²) in [6.07, 6.45) is 6.02. The lowest BCUT2D eigenvalue weighted by molar-refractivity contribution is -0.114. The summed E-state index contributed by atoms with van der Waals surface area (Å²) in [6, 6.07) is 0. The van der Waals surface area contributed by atoms with E-state index in [1.165, 1.54) is 0 Å². The molecule has 0 aliphatic rings. The van der Waals surface area contributed by atoms with Crippen molar-refractivity contribution in [3.05, 3.63) is 36.0 Å². The zero-order valence-electron chi connectivity index (χ0n) is 12.7. The van der Waals surface area contributed by atoms with E-state index in [0.717, 1.165) is 42.4 Å². The molecule has 0 N–H and O–H groups in total. The van der Waals surface area contributed by atoms with E-state index in [9.17, 15) is 4.79 Å². The third kappa shape index (κ3) is 3.69. The van der Waals surface area contributed by atoms with Crippen molar-refractivity contribution in [2.24, 2.45) is 5.41 Å². The Morgan fingerprint density at radius 3 is 1.78 bits per heavy atom. The molecule has 0 bridgehead atoms. The maximum atomic E-state index is 12.1. The Labute approximate surface area is 113 Å². The number of carbonyl (C=O) groups excluding carboxylic acids is 1. The van der Waals surface area contributed by atoms with Gasteiger partial charge in [-0.2, -0.15) is 0 Å². The summed E-state index contributed by atoms with van der Waals surface area (Å²) < 4.78 is 0. The Morgan fingerprint density at radius 1 is 1.11 bits per heavy atom. The number of hydrogen-bond acceptors (Lipinski definition) is 1. The van der Waals surface area contributed by atoms with Crippen molar-refractivity contribution < 1.29 is 4.79 Å². The molecule has 0 saturated heterocycles. The fourth-order valence-corrected chi connectivity index (χ4v) is 2.77. The van der Waals surface area contributed by atoms with Crippen molar-refractivity contribution in [2.75, 3.05) is 0 Å². The number of allylic oxidation sites excluding steroid dienone is 4. The van der Waals surface area contributed by atoms with Gasteiger partial charge < -0.3 is 0 Å². The predicted octanol–water partition coefficient (Wildman–Crippen LogP) is 5.24. The van der Waals surface area contributed by atoms with Crippen LogP contribution in [0.4, 0.5) is 0 Å². The maximum Gasteiger partial charge on any atom is 0.156 e. The van der Waals surface area contributed by atoms with Gasteiger partial charge in [-0.3, -0.25) is 4.79 Å². The van der Waals surface area contributed by atoms with Gasteiger partial charge in [0.05, 0.1) is 0 Å². The minimum Gasteiger partial charge on any atom is -0.295 e. The Bertz CT molecular complexity index is 352. The topological polar surface area (TPSA) is 17.1 Å². The Hall–Kier alpha value is -1.11. The van der Waals surface area contributed by atoms with Gasteiger partial charge in [0.2, 0.25) is 0 Å². The molecule has 1 nitrogen and oxygen atoms in total. The summed E-state index contributed by atoms with van der Waals surface area (Å²) in [5, 5.41) is 0. The molecule has 0 radical (unpaired) electrons. The van der Waals surface area contributed by atoms with Crippen molar-refractivity contribution in [2.45, 2.75) is 60.3 Å². The highest BCUT2D eigenvalue weighted by Crippen LogP contribution is 2.42. The third-order valence-corrected chi connectivity index (χ3v) is 3.65. The largest absolute Gasteiger partial charge is 0.295 e. The van der Waals surface area contributed by atoms with E-state index in [1.807, 2.05) is 19.9 Å². The first-order chi connectivity index (χ1) is 8.36. The van der Waals surface area contributed by atoms with Crippen molar-refractivity contribution >= 4 is 5.78 Å². The number of hydrogen-bond donors (Lipinski definition) is 0. The molecule has 0 heterocycles. The van der Waals surface area contributed by atoms with Crippen LogP contribution in [-0.4, -0.2) is 5.78 Å². The second-order valence-corrected chi connectivity index (χ2v) is 5.20. The highest BCUT2D eigenvalue weighted by Gasteiger charge is 2.33. The molecule has 0 fully saturated rings. The zero-order valence-corrected chi connectivity index (χ0v) is 12.7. The van der Waals surface area contributed by atoms with Crippen LogP contribution >= 0.6 is 0 Å². The summed E-state index contributed by atoms with van der Waals surface area (Å²) in [7, 11) is 0. The highest BCUT2D eigenvalue weighted by molar-refractivity contribution is 5.96. The smallest absolute Gasteiger partial charge is 0.156 e. The second-order valence-electron chi connectivity index (χ2n) is 5.20. The molecule has 0 spiro atoms. The van der Waals surface area contributed by atoms with Crippen LogP contribution in [0.2, 0.25) is 0 Å². The molecule has 0 amide bonds. The molecular weight excluding hydrogens is 220 g/mol. The number of carbonyl (C=O) groups is 1. The van der Waals surface area contributed by atoms with E-state index < -0.39 is 0 Å². The lowest BCUT2D eigenvalue weighted by Gasteiger charge is -2.33. The van der Waals surface area contributed by atoms with Crippen LogP contribution < -0.4 is 0 Å². The molecule has 0 aliphatic carbocycles. The summed E-state index contributed by atoms with van der Waals surface area (Å²) >= 11 is 0. The van der Waals surface area contributed by atoms with Gasteiger partial charge in [-0.05, 0) is 39.2 Å². The first kappa shape index (κ1) is 16.9. The summed E-state index contributed by atoms with van der Waals surface area (Å²) in [6.45, 7) is 17.9. The SMILES string of the molecule is C=CC(CCC)(CCC)/C(C(C)=O)=C(/C)C(=C)C.